The molecule has 1 aromatic heterocycles. The second kappa shape index (κ2) is 10.1. The lowest BCUT2D eigenvalue weighted by atomic mass is 10.1. The molecule has 7 nitrogen and oxygen atoms in total. The zero-order valence-electron chi connectivity index (χ0n) is 15.6. The van der Waals surface area contributed by atoms with Gasteiger partial charge in [-0.1, -0.05) is 18.2 Å². The zero-order valence-corrected chi connectivity index (χ0v) is 16.4. The molecule has 27 heavy (non-hydrogen) atoms. The Balaban J connectivity index is 1.98. The molecule has 0 bridgehead atoms. The third-order valence-corrected chi connectivity index (χ3v) is 5.56. The summed E-state index contributed by atoms with van der Waals surface area (Å²) < 4.78 is 30.9. The molecule has 146 valence electrons. The first-order chi connectivity index (χ1) is 13.0. The molecule has 1 aromatic carbocycles. The van der Waals surface area contributed by atoms with Gasteiger partial charge in [-0.25, -0.2) is 13.1 Å². The quantitative estimate of drug-likeness (QED) is 0.665. The van der Waals surface area contributed by atoms with E-state index in [1.165, 1.54) is 7.05 Å². The number of aromatic nitrogens is 1. The van der Waals surface area contributed by atoms with Crippen molar-refractivity contribution in [1.29, 1.82) is 0 Å². The summed E-state index contributed by atoms with van der Waals surface area (Å²) >= 11 is 0. The number of nitrogens with one attached hydrogen (secondary N) is 1. The van der Waals surface area contributed by atoms with E-state index < -0.39 is 10.0 Å². The fourth-order valence-corrected chi connectivity index (χ4v) is 3.27. The smallest absolute Gasteiger partial charge is 0.240 e. The molecule has 1 N–H and O–H groups in total. The Kier molecular flexibility index (Phi) is 7.90. The predicted molar refractivity (Wildman–Crippen MR) is 103 cm³/mol. The molecule has 2 rings (SSSR count). The van der Waals surface area contributed by atoms with Crippen molar-refractivity contribution in [1.82, 2.24) is 14.6 Å². The second-order valence-electron chi connectivity index (χ2n) is 5.98. The van der Waals surface area contributed by atoms with Crippen LogP contribution in [-0.4, -0.2) is 51.5 Å². The lowest BCUT2D eigenvalue weighted by Gasteiger charge is -2.22. The van der Waals surface area contributed by atoms with Crippen molar-refractivity contribution in [3.05, 3.63) is 59.9 Å². The van der Waals surface area contributed by atoms with Crippen LogP contribution in [0.15, 0.2) is 53.6 Å². The summed E-state index contributed by atoms with van der Waals surface area (Å²) in [6.07, 6.45) is 2.56. The van der Waals surface area contributed by atoms with E-state index in [0.29, 0.717) is 32.5 Å². The highest BCUT2D eigenvalue weighted by Crippen LogP contribution is 2.13. The molecule has 2 aromatic rings. The first kappa shape index (κ1) is 21.0. The van der Waals surface area contributed by atoms with Crippen molar-refractivity contribution < 1.29 is 17.9 Å². The molecule has 1 heterocycles. The molecule has 0 atom stereocenters. The SMILES string of the molecule is CNS(=O)(=O)c1ccc(CCC(=O)N(CCOC)Cc2ccccn2)cc1. The van der Waals surface area contributed by atoms with Gasteiger partial charge in [0, 0.05) is 26.3 Å². The van der Waals surface area contributed by atoms with E-state index in [0.717, 1.165) is 11.3 Å². The van der Waals surface area contributed by atoms with Gasteiger partial charge in [-0.3, -0.25) is 9.78 Å². The van der Waals surface area contributed by atoms with E-state index in [9.17, 15) is 13.2 Å². The number of hydrogen-bond donors (Lipinski definition) is 1. The Morgan fingerprint density at radius 1 is 1.19 bits per heavy atom. The van der Waals surface area contributed by atoms with Gasteiger partial charge in [0.05, 0.1) is 23.7 Å². The van der Waals surface area contributed by atoms with Crippen molar-refractivity contribution >= 4 is 15.9 Å². The Labute approximate surface area is 160 Å². The van der Waals surface area contributed by atoms with Gasteiger partial charge >= 0.3 is 0 Å². The van der Waals surface area contributed by atoms with Crippen molar-refractivity contribution in [2.45, 2.75) is 24.3 Å². The molecule has 0 unspecified atom stereocenters. The van der Waals surface area contributed by atoms with Crippen LogP contribution in [0.4, 0.5) is 0 Å². The summed E-state index contributed by atoms with van der Waals surface area (Å²) in [6, 6.07) is 12.2. The number of aryl methyl sites for hydroxylation is 1. The van der Waals surface area contributed by atoms with Crippen LogP contribution in [0.25, 0.3) is 0 Å². The topological polar surface area (TPSA) is 88.6 Å². The van der Waals surface area contributed by atoms with Gasteiger partial charge < -0.3 is 9.64 Å². The molecule has 1 amide bonds. The van der Waals surface area contributed by atoms with Crippen LogP contribution in [0.5, 0.6) is 0 Å². The zero-order chi connectivity index (χ0) is 19.7. The van der Waals surface area contributed by atoms with Gasteiger partial charge in [0.2, 0.25) is 15.9 Å². The number of carbonyl (C=O) groups is 1. The number of rotatable bonds is 10. The highest BCUT2D eigenvalue weighted by atomic mass is 32.2. The fraction of sp³-hybridized carbons (Fsp3) is 0.368. The monoisotopic (exact) mass is 391 g/mol. The number of methoxy groups -OCH3 is 1. The summed E-state index contributed by atoms with van der Waals surface area (Å²) in [5.41, 5.74) is 1.73. The molecule has 0 saturated heterocycles. The molecule has 0 aliphatic heterocycles. The minimum Gasteiger partial charge on any atom is -0.383 e. The third-order valence-electron chi connectivity index (χ3n) is 4.13. The lowest BCUT2D eigenvalue weighted by Crippen LogP contribution is -2.33. The molecule has 0 fully saturated rings. The van der Waals surface area contributed by atoms with Gasteiger partial charge in [-0.05, 0) is 43.3 Å². The maximum absolute atomic E-state index is 12.6. The summed E-state index contributed by atoms with van der Waals surface area (Å²) in [5.74, 6) is 0.00428. The summed E-state index contributed by atoms with van der Waals surface area (Å²) in [6.45, 7) is 1.38. The number of ether oxygens (including phenoxy) is 1. The summed E-state index contributed by atoms with van der Waals surface area (Å²) in [4.78, 5) is 18.8. The summed E-state index contributed by atoms with van der Waals surface area (Å²) in [5, 5.41) is 0. The largest absolute Gasteiger partial charge is 0.383 e. The van der Waals surface area contributed by atoms with E-state index in [4.69, 9.17) is 4.74 Å². The lowest BCUT2D eigenvalue weighted by molar-refractivity contribution is -0.132. The maximum atomic E-state index is 12.6. The van der Waals surface area contributed by atoms with Crippen LogP contribution in [0.3, 0.4) is 0 Å². The van der Waals surface area contributed by atoms with Crippen molar-refractivity contribution in [2.24, 2.45) is 0 Å². The molecular weight excluding hydrogens is 366 g/mol. The molecular formula is C19H25N3O4S. The van der Waals surface area contributed by atoms with E-state index in [1.807, 2.05) is 18.2 Å². The summed E-state index contributed by atoms with van der Waals surface area (Å²) in [7, 11) is -0.476. The maximum Gasteiger partial charge on any atom is 0.240 e. The van der Waals surface area contributed by atoms with E-state index >= 15 is 0 Å². The number of benzene rings is 1. The highest BCUT2D eigenvalue weighted by Gasteiger charge is 2.15. The predicted octanol–water partition coefficient (Wildman–Crippen LogP) is 1.60. The minimum atomic E-state index is -3.45. The Hall–Kier alpha value is -2.29. The van der Waals surface area contributed by atoms with Gasteiger partial charge in [-0.2, -0.15) is 0 Å². The first-order valence-electron chi connectivity index (χ1n) is 8.65. The van der Waals surface area contributed by atoms with Gasteiger partial charge in [-0.15, -0.1) is 0 Å². The van der Waals surface area contributed by atoms with Gasteiger partial charge in [0.25, 0.3) is 0 Å². The number of sulfonamides is 1. The Morgan fingerprint density at radius 3 is 2.52 bits per heavy atom. The average Bonchev–Trinajstić information content (AvgIpc) is 2.70. The number of pyridine rings is 1. The fourth-order valence-electron chi connectivity index (χ4n) is 2.54. The van der Waals surface area contributed by atoms with Crippen LogP contribution in [0, 0.1) is 0 Å². The van der Waals surface area contributed by atoms with Gasteiger partial charge in [0.1, 0.15) is 0 Å². The number of nitrogens with zero attached hydrogens (tertiary/aromatic N) is 2. The number of amides is 1. The third kappa shape index (κ3) is 6.42. The number of hydrogen-bond acceptors (Lipinski definition) is 5. The Morgan fingerprint density at radius 2 is 1.93 bits per heavy atom. The highest BCUT2D eigenvalue weighted by molar-refractivity contribution is 7.89. The van der Waals surface area contributed by atoms with Crippen LogP contribution in [0.1, 0.15) is 17.7 Å². The van der Waals surface area contributed by atoms with Crippen molar-refractivity contribution in [3.8, 4) is 0 Å². The van der Waals surface area contributed by atoms with E-state index in [1.54, 1.807) is 42.5 Å². The van der Waals surface area contributed by atoms with Crippen LogP contribution in [0.2, 0.25) is 0 Å². The second-order valence-corrected chi connectivity index (χ2v) is 7.87. The molecule has 0 spiro atoms. The van der Waals surface area contributed by atoms with Crippen LogP contribution < -0.4 is 4.72 Å². The van der Waals surface area contributed by atoms with E-state index in [2.05, 4.69) is 9.71 Å². The average molecular weight is 391 g/mol. The van der Waals surface area contributed by atoms with E-state index in [-0.39, 0.29) is 10.8 Å². The molecule has 0 saturated carbocycles. The Bertz CT molecular complexity index is 824. The first-order valence-corrected chi connectivity index (χ1v) is 10.1. The van der Waals surface area contributed by atoms with Crippen molar-refractivity contribution in [2.75, 3.05) is 27.3 Å². The molecule has 0 radical (unpaired) electrons. The van der Waals surface area contributed by atoms with Crippen LogP contribution >= 0.6 is 0 Å². The standard InChI is InChI=1S/C19H25N3O4S/c1-20-27(24,25)18-9-6-16(7-10-18)8-11-19(23)22(13-14-26-2)15-17-5-3-4-12-21-17/h3-7,9-10,12,20H,8,11,13-15H2,1-2H3. The van der Waals surface area contributed by atoms with Crippen LogP contribution in [-0.2, 0) is 32.5 Å². The van der Waals surface area contributed by atoms with Gasteiger partial charge in [0.15, 0.2) is 0 Å². The number of carbonyl (C=O) groups excluding carboxylic acids is 1. The minimum absolute atomic E-state index is 0.00428. The molecule has 8 heteroatoms. The molecule has 0 aliphatic rings. The molecule has 0 aliphatic carbocycles. The van der Waals surface area contributed by atoms with Crippen molar-refractivity contribution in [3.63, 3.8) is 0 Å². The normalized spacial score (nSPS) is 11.3.